The number of hydrogen-bond acceptors (Lipinski definition) is 2. The first-order valence-corrected chi connectivity index (χ1v) is 12.9. The topological polar surface area (TPSA) is 6.48 Å². The van der Waals surface area contributed by atoms with Gasteiger partial charge in [0.2, 0.25) is 0 Å². The van der Waals surface area contributed by atoms with Crippen LogP contribution in [-0.2, 0) is 6.42 Å². The van der Waals surface area contributed by atoms with E-state index in [1.807, 2.05) is 0 Å². The van der Waals surface area contributed by atoms with Crippen molar-refractivity contribution in [3.63, 3.8) is 0 Å². The van der Waals surface area contributed by atoms with E-state index in [4.69, 9.17) is 0 Å². The Morgan fingerprint density at radius 3 is 1.94 bits per heavy atom. The number of nitrogens with zero attached hydrogens (tertiary/aromatic N) is 2. The first kappa shape index (κ1) is 22.1. The molecule has 1 heterocycles. The van der Waals surface area contributed by atoms with Crippen molar-refractivity contribution in [2.24, 2.45) is 5.92 Å². The van der Waals surface area contributed by atoms with Crippen molar-refractivity contribution < 1.29 is 0 Å². The van der Waals surface area contributed by atoms with E-state index in [1.165, 1.54) is 60.2 Å². The van der Waals surface area contributed by atoms with Crippen LogP contribution in [0.25, 0.3) is 0 Å². The van der Waals surface area contributed by atoms with Gasteiger partial charge in [0.25, 0.3) is 0 Å². The van der Waals surface area contributed by atoms with Crippen LogP contribution in [0.5, 0.6) is 0 Å². The average Bonchev–Trinajstić information content (AvgIpc) is 3.33. The molecule has 1 saturated carbocycles. The molecule has 2 atom stereocenters. The molecule has 3 aromatic carbocycles. The maximum absolute atomic E-state index is 2.54. The summed E-state index contributed by atoms with van der Waals surface area (Å²) in [5.74, 6) is 1.65. The van der Waals surface area contributed by atoms with Gasteiger partial charge in [0.15, 0.2) is 0 Å². The minimum atomic E-state index is 0.775. The maximum Gasteiger partial charge on any atom is 0.0367 e. The molecule has 2 heteroatoms. The molecule has 1 saturated heterocycles. The molecule has 0 N–H and O–H groups in total. The van der Waals surface area contributed by atoms with Crippen molar-refractivity contribution in [1.29, 1.82) is 0 Å². The lowest BCUT2D eigenvalue weighted by Crippen LogP contribution is -2.46. The Bertz CT molecular complexity index is 1030. The second kappa shape index (κ2) is 10.0. The lowest BCUT2D eigenvalue weighted by Gasteiger charge is -2.37. The van der Waals surface area contributed by atoms with Gasteiger partial charge in [-0.1, -0.05) is 54.1 Å². The zero-order valence-corrected chi connectivity index (χ0v) is 20.3. The normalized spacial score (nSPS) is 20.9. The van der Waals surface area contributed by atoms with Crippen LogP contribution in [0.2, 0.25) is 0 Å². The van der Waals surface area contributed by atoms with Crippen LogP contribution < -0.4 is 9.80 Å². The molecule has 0 aromatic heterocycles. The van der Waals surface area contributed by atoms with Crippen molar-refractivity contribution >= 4 is 11.4 Å². The molecule has 0 bridgehead atoms. The number of benzene rings is 3. The summed E-state index contributed by atoms with van der Waals surface area (Å²) in [5, 5.41) is 0. The van der Waals surface area contributed by atoms with E-state index in [1.54, 1.807) is 5.56 Å². The highest BCUT2D eigenvalue weighted by atomic mass is 15.3. The molecule has 0 spiro atoms. The van der Waals surface area contributed by atoms with Gasteiger partial charge >= 0.3 is 0 Å². The van der Waals surface area contributed by atoms with Gasteiger partial charge in [-0.3, -0.25) is 0 Å². The average molecular weight is 439 g/mol. The van der Waals surface area contributed by atoms with E-state index in [2.05, 4.69) is 96.4 Å². The highest BCUT2D eigenvalue weighted by Gasteiger charge is 2.26. The second-order valence-electron chi connectivity index (χ2n) is 10.2. The number of rotatable bonds is 6. The summed E-state index contributed by atoms with van der Waals surface area (Å²) in [6.45, 7) is 8.79. The summed E-state index contributed by atoms with van der Waals surface area (Å²) in [6.07, 6.45) is 6.67. The first-order valence-electron chi connectivity index (χ1n) is 12.9. The SMILES string of the molecule is Cc1ccc(N2CCN(c3ccc(CC[C@@H]4CCC(c5ccccc5C)C4)cc3)CC2)cc1. The van der Waals surface area contributed by atoms with Crippen LogP contribution in [0, 0.1) is 19.8 Å². The van der Waals surface area contributed by atoms with Gasteiger partial charge in [0.05, 0.1) is 0 Å². The van der Waals surface area contributed by atoms with E-state index in [-0.39, 0.29) is 0 Å². The Morgan fingerprint density at radius 1 is 0.697 bits per heavy atom. The van der Waals surface area contributed by atoms with Crippen LogP contribution in [0.3, 0.4) is 0 Å². The Morgan fingerprint density at radius 2 is 1.30 bits per heavy atom. The van der Waals surface area contributed by atoms with E-state index >= 15 is 0 Å². The molecule has 172 valence electrons. The number of hydrogen-bond donors (Lipinski definition) is 0. The zero-order chi connectivity index (χ0) is 22.6. The molecular weight excluding hydrogens is 400 g/mol. The van der Waals surface area contributed by atoms with E-state index in [9.17, 15) is 0 Å². The molecule has 2 aliphatic rings. The van der Waals surface area contributed by atoms with Crippen molar-refractivity contribution in [1.82, 2.24) is 0 Å². The monoisotopic (exact) mass is 438 g/mol. The Hall–Kier alpha value is -2.74. The fraction of sp³-hybridized carbons (Fsp3) is 0.419. The van der Waals surface area contributed by atoms with E-state index < -0.39 is 0 Å². The van der Waals surface area contributed by atoms with Gasteiger partial charge in [0, 0.05) is 37.6 Å². The minimum absolute atomic E-state index is 0.775. The standard InChI is InChI=1S/C31H38N2/c1-24-7-15-29(16-8-24)32-19-21-33(22-20-32)30-17-12-26(13-18-30)9-10-27-11-14-28(23-27)31-6-4-3-5-25(31)2/h3-8,12-13,15-18,27-28H,9-11,14,19-23H2,1-2H3/t27-,28?/m1/s1. The summed E-state index contributed by atoms with van der Waals surface area (Å²) >= 11 is 0. The highest BCUT2D eigenvalue weighted by Crippen LogP contribution is 2.41. The third kappa shape index (κ3) is 5.27. The first-order chi connectivity index (χ1) is 16.2. The van der Waals surface area contributed by atoms with Crippen LogP contribution in [-0.4, -0.2) is 26.2 Å². The molecular formula is C31H38N2. The predicted molar refractivity (Wildman–Crippen MR) is 142 cm³/mol. The summed E-state index contributed by atoms with van der Waals surface area (Å²) in [6, 6.07) is 27.4. The Kier molecular flexibility index (Phi) is 6.71. The molecule has 2 nitrogen and oxygen atoms in total. The summed E-state index contributed by atoms with van der Waals surface area (Å²) in [5.41, 5.74) is 8.62. The van der Waals surface area contributed by atoms with E-state index in [0.717, 1.165) is 38.0 Å². The molecule has 0 amide bonds. The van der Waals surface area contributed by atoms with Gasteiger partial charge in [-0.25, -0.2) is 0 Å². The molecule has 1 aliphatic carbocycles. The van der Waals surface area contributed by atoms with Crippen LogP contribution in [0.4, 0.5) is 11.4 Å². The summed E-state index contributed by atoms with van der Waals surface area (Å²) < 4.78 is 0. The molecule has 3 aromatic rings. The summed E-state index contributed by atoms with van der Waals surface area (Å²) in [7, 11) is 0. The molecule has 1 unspecified atom stereocenters. The molecule has 33 heavy (non-hydrogen) atoms. The predicted octanol–water partition coefficient (Wildman–Crippen LogP) is 7.15. The van der Waals surface area contributed by atoms with Gasteiger partial charge in [-0.15, -0.1) is 0 Å². The zero-order valence-electron chi connectivity index (χ0n) is 20.3. The second-order valence-corrected chi connectivity index (χ2v) is 10.2. The highest BCUT2D eigenvalue weighted by molar-refractivity contribution is 5.52. The minimum Gasteiger partial charge on any atom is -0.368 e. The third-order valence-corrected chi connectivity index (χ3v) is 7.99. The Labute approximate surface area is 200 Å². The number of aryl methyl sites for hydroxylation is 3. The number of anilines is 2. The van der Waals surface area contributed by atoms with Crippen molar-refractivity contribution in [3.8, 4) is 0 Å². The quantitative estimate of drug-likeness (QED) is 0.403. The smallest absolute Gasteiger partial charge is 0.0367 e. The van der Waals surface area contributed by atoms with Gasteiger partial charge < -0.3 is 9.80 Å². The lowest BCUT2D eigenvalue weighted by atomic mass is 9.91. The molecule has 2 fully saturated rings. The summed E-state index contributed by atoms with van der Waals surface area (Å²) in [4.78, 5) is 5.05. The van der Waals surface area contributed by atoms with Crippen LogP contribution >= 0.6 is 0 Å². The number of piperazine rings is 1. The van der Waals surface area contributed by atoms with Gasteiger partial charge in [-0.2, -0.15) is 0 Å². The van der Waals surface area contributed by atoms with E-state index in [0.29, 0.717) is 0 Å². The molecule has 0 radical (unpaired) electrons. The van der Waals surface area contributed by atoms with Crippen LogP contribution in [0.1, 0.15) is 53.9 Å². The van der Waals surface area contributed by atoms with Crippen molar-refractivity contribution in [2.45, 2.75) is 51.9 Å². The largest absolute Gasteiger partial charge is 0.368 e. The lowest BCUT2D eigenvalue weighted by molar-refractivity contribution is 0.496. The molecule has 1 aliphatic heterocycles. The van der Waals surface area contributed by atoms with Gasteiger partial charge in [-0.05, 0) is 98.7 Å². The van der Waals surface area contributed by atoms with Crippen LogP contribution in [0.15, 0.2) is 72.8 Å². The van der Waals surface area contributed by atoms with Crippen molar-refractivity contribution in [3.05, 3.63) is 95.1 Å². The Balaban J connectivity index is 1.10. The third-order valence-electron chi connectivity index (χ3n) is 7.99. The fourth-order valence-electron chi connectivity index (χ4n) is 5.89. The fourth-order valence-corrected chi connectivity index (χ4v) is 5.89. The van der Waals surface area contributed by atoms with Crippen molar-refractivity contribution in [2.75, 3.05) is 36.0 Å². The molecule has 5 rings (SSSR count). The maximum atomic E-state index is 2.54. The van der Waals surface area contributed by atoms with Gasteiger partial charge in [0.1, 0.15) is 0 Å².